The Balaban J connectivity index is 1.48. The number of hydrogen-bond donors (Lipinski definition) is 2. The van der Waals surface area contributed by atoms with E-state index in [1.807, 2.05) is 30.3 Å². The van der Waals surface area contributed by atoms with Gasteiger partial charge in [0.25, 0.3) is 0 Å². The van der Waals surface area contributed by atoms with Crippen molar-refractivity contribution in [3.63, 3.8) is 0 Å². The molecular weight excluding hydrogens is 288 g/mol. The van der Waals surface area contributed by atoms with Gasteiger partial charge in [-0.2, -0.15) is 0 Å². The van der Waals surface area contributed by atoms with Crippen molar-refractivity contribution in [2.45, 2.75) is 56.9 Å². The zero-order valence-corrected chi connectivity index (χ0v) is 12.7. The maximum atomic E-state index is 10.2. The van der Waals surface area contributed by atoms with Crippen LogP contribution in [0.5, 0.6) is 0 Å². The van der Waals surface area contributed by atoms with Gasteiger partial charge in [0.2, 0.25) is 0 Å². The van der Waals surface area contributed by atoms with Crippen molar-refractivity contribution in [3.8, 4) is 0 Å². The summed E-state index contributed by atoms with van der Waals surface area (Å²) in [4.78, 5) is 0. The molecule has 6 nitrogen and oxygen atoms in total. The van der Waals surface area contributed by atoms with E-state index in [2.05, 4.69) is 0 Å². The van der Waals surface area contributed by atoms with Crippen molar-refractivity contribution in [2.24, 2.45) is 0 Å². The first-order valence-corrected chi connectivity index (χ1v) is 7.45. The number of ether oxygens (including phenoxy) is 4. The zero-order chi connectivity index (χ0) is 15.7. The van der Waals surface area contributed by atoms with Crippen LogP contribution < -0.4 is 0 Å². The second-order valence-electron chi connectivity index (χ2n) is 6.13. The van der Waals surface area contributed by atoms with Gasteiger partial charge in [0, 0.05) is 0 Å². The fourth-order valence-corrected chi connectivity index (χ4v) is 2.80. The van der Waals surface area contributed by atoms with Gasteiger partial charge in [-0.15, -0.1) is 0 Å². The van der Waals surface area contributed by atoms with Crippen LogP contribution in [0, 0.1) is 0 Å². The summed E-state index contributed by atoms with van der Waals surface area (Å²) in [6, 6.07) is 9.68. The highest BCUT2D eigenvalue weighted by Gasteiger charge is 2.55. The molecule has 2 heterocycles. The van der Waals surface area contributed by atoms with E-state index in [-0.39, 0.29) is 6.61 Å². The predicted molar refractivity (Wildman–Crippen MR) is 76.8 cm³/mol. The van der Waals surface area contributed by atoms with Crippen molar-refractivity contribution in [1.29, 1.82) is 0 Å². The molecule has 0 aromatic heterocycles. The smallest absolute Gasteiger partial charge is 0.190 e. The molecule has 0 unspecified atom stereocenters. The number of aliphatic hydroxyl groups excluding tert-OH is 2. The van der Waals surface area contributed by atoms with E-state index in [9.17, 15) is 10.2 Å². The zero-order valence-electron chi connectivity index (χ0n) is 12.7. The molecule has 0 radical (unpaired) electrons. The molecule has 1 aromatic rings. The number of benzene rings is 1. The maximum Gasteiger partial charge on any atom is 0.190 e. The van der Waals surface area contributed by atoms with Crippen LogP contribution >= 0.6 is 0 Å². The molecule has 0 saturated carbocycles. The van der Waals surface area contributed by atoms with Crippen molar-refractivity contribution < 1.29 is 29.2 Å². The molecule has 2 fully saturated rings. The lowest BCUT2D eigenvalue weighted by molar-refractivity contribution is -0.228. The van der Waals surface area contributed by atoms with E-state index in [4.69, 9.17) is 18.9 Å². The molecule has 122 valence electrons. The fraction of sp³-hybridized carbons (Fsp3) is 0.625. The van der Waals surface area contributed by atoms with E-state index in [1.165, 1.54) is 0 Å². The molecule has 2 saturated heterocycles. The quantitative estimate of drug-likeness (QED) is 0.838. The van der Waals surface area contributed by atoms with Crippen molar-refractivity contribution >= 4 is 0 Å². The highest BCUT2D eigenvalue weighted by atomic mass is 16.8. The van der Waals surface area contributed by atoms with Gasteiger partial charge < -0.3 is 29.2 Å². The molecule has 3 rings (SSSR count). The first kappa shape index (κ1) is 15.9. The van der Waals surface area contributed by atoms with Crippen LogP contribution in [0.25, 0.3) is 0 Å². The molecule has 22 heavy (non-hydrogen) atoms. The van der Waals surface area contributed by atoms with Gasteiger partial charge >= 0.3 is 0 Å². The lowest BCUT2D eigenvalue weighted by Crippen LogP contribution is -2.42. The Morgan fingerprint density at radius 2 is 1.95 bits per heavy atom. The Bertz CT molecular complexity index is 491. The van der Waals surface area contributed by atoms with Gasteiger partial charge in [0.05, 0.1) is 13.2 Å². The average Bonchev–Trinajstić information content (AvgIpc) is 2.94. The van der Waals surface area contributed by atoms with Crippen LogP contribution in [-0.2, 0) is 25.6 Å². The van der Waals surface area contributed by atoms with E-state index in [0.717, 1.165) is 5.56 Å². The van der Waals surface area contributed by atoms with Gasteiger partial charge in [-0.1, -0.05) is 30.3 Å². The number of rotatable bonds is 5. The van der Waals surface area contributed by atoms with Crippen LogP contribution in [0.3, 0.4) is 0 Å². The van der Waals surface area contributed by atoms with Crippen LogP contribution in [0.1, 0.15) is 19.4 Å². The third-order valence-electron chi connectivity index (χ3n) is 3.83. The standard InChI is InChI=1S/C16H22O6/c1-16(2)21-14-12(18)13(20-15(14)22-16)11(17)9-19-8-10-6-4-3-5-7-10/h3-7,11-15,17-18H,8-9H2,1-2H3/t11-,12+,13-,14-,15-/m1/s1. The Hall–Kier alpha value is -1.02. The minimum absolute atomic E-state index is 0.0689. The van der Waals surface area contributed by atoms with Gasteiger partial charge in [-0.05, 0) is 19.4 Å². The van der Waals surface area contributed by atoms with Crippen LogP contribution in [0.15, 0.2) is 30.3 Å². The minimum Gasteiger partial charge on any atom is -0.388 e. The van der Waals surface area contributed by atoms with E-state index < -0.39 is 36.5 Å². The Kier molecular flexibility index (Phi) is 4.49. The van der Waals surface area contributed by atoms with E-state index >= 15 is 0 Å². The van der Waals surface area contributed by atoms with Crippen LogP contribution in [0.4, 0.5) is 0 Å². The van der Waals surface area contributed by atoms with Gasteiger partial charge in [0.1, 0.15) is 24.4 Å². The first-order valence-electron chi connectivity index (χ1n) is 7.45. The highest BCUT2D eigenvalue weighted by Crippen LogP contribution is 2.38. The highest BCUT2D eigenvalue weighted by molar-refractivity contribution is 5.13. The monoisotopic (exact) mass is 310 g/mol. The third kappa shape index (κ3) is 3.32. The lowest BCUT2D eigenvalue weighted by Gasteiger charge is -2.25. The maximum absolute atomic E-state index is 10.2. The molecule has 6 heteroatoms. The Labute approximate surface area is 129 Å². The third-order valence-corrected chi connectivity index (χ3v) is 3.83. The molecule has 2 aliphatic rings. The molecule has 2 N–H and O–H groups in total. The Morgan fingerprint density at radius 3 is 2.64 bits per heavy atom. The summed E-state index contributed by atoms with van der Waals surface area (Å²) >= 11 is 0. The fourth-order valence-electron chi connectivity index (χ4n) is 2.80. The van der Waals surface area contributed by atoms with E-state index in [1.54, 1.807) is 13.8 Å². The lowest BCUT2D eigenvalue weighted by atomic mass is 10.1. The van der Waals surface area contributed by atoms with Gasteiger partial charge in [0.15, 0.2) is 12.1 Å². The predicted octanol–water partition coefficient (Wildman–Crippen LogP) is 0.801. The molecular formula is C16H22O6. The Morgan fingerprint density at radius 1 is 1.23 bits per heavy atom. The van der Waals surface area contributed by atoms with Crippen molar-refractivity contribution in [3.05, 3.63) is 35.9 Å². The summed E-state index contributed by atoms with van der Waals surface area (Å²) in [6.07, 6.45) is -3.90. The van der Waals surface area contributed by atoms with Crippen LogP contribution in [0.2, 0.25) is 0 Å². The molecule has 0 amide bonds. The van der Waals surface area contributed by atoms with Gasteiger partial charge in [-0.25, -0.2) is 0 Å². The normalized spacial score (nSPS) is 34.5. The summed E-state index contributed by atoms with van der Waals surface area (Å²) in [5, 5.41) is 20.4. The largest absolute Gasteiger partial charge is 0.388 e. The number of aliphatic hydroxyl groups is 2. The second kappa shape index (κ2) is 6.23. The first-order chi connectivity index (χ1) is 10.5. The summed E-state index contributed by atoms with van der Waals surface area (Å²) in [5.74, 6) is -0.782. The SMILES string of the molecule is CC1(C)O[C@H]2O[C@H]([C@H](O)COCc3ccccc3)[C@H](O)[C@H]2O1. The minimum atomic E-state index is -0.945. The second-order valence-corrected chi connectivity index (χ2v) is 6.13. The molecule has 0 aliphatic carbocycles. The summed E-state index contributed by atoms with van der Waals surface area (Å²) in [7, 11) is 0. The molecule has 1 aromatic carbocycles. The van der Waals surface area contributed by atoms with Gasteiger partial charge in [-0.3, -0.25) is 0 Å². The van der Waals surface area contributed by atoms with E-state index in [0.29, 0.717) is 6.61 Å². The molecule has 0 bridgehead atoms. The summed E-state index contributed by atoms with van der Waals surface area (Å²) < 4.78 is 22.2. The van der Waals surface area contributed by atoms with Crippen molar-refractivity contribution in [2.75, 3.05) is 6.61 Å². The van der Waals surface area contributed by atoms with Crippen molar-refractivity contribution in [1.82, 2.24) is 0 Å². The number of fused-ring (bicyclic) bond motifs is 1. The summed E-state index contributed by atoms with van der Waals surface area (Å²) in [6.45, 7) is 3.98. The topological polar surface area (TPSA) is 77.4 Å². The molecule has 0 spiro atoms. The summed E-state index contributed by atoms with van der Waals surface area (Å²) in [5.41, 5.74) is 1.02. The molecule has 2 aliphatic heterocycles. The average molecular weight is 310 g/mol. The van der Waals surface area contributed by atoms with Crippen LogP contribution in [-0.4, -0.2) is 53.3 Å². The molecule has 5 atom stereocenters. The number of hydrogen-bond acceptors (Lipinski definition) is 6.